The van der Waals surface area contributed by atoms with Crippen LogP contribution in [0.25, 0.3) is 0 Å². The van der Waals surface area contributed by atoms with Gasteiger partial charge < -0.3 is 5.32 Å². The van der Waals surface area contributed by atoms with Crippen LogP contribution < -0.4 is 5.32 Å². The van der Waals surface area contributed by atoms with Crippen molar-refractivity contribution in [3.05, 3.63) is 57.7 Å². The highest BCUT2D eigenvalue weighted by Crippen LogP contribution is 2.23. The average Bonchev–Trinajstić information content (AvgIpc) is 2.39. The Kier molecular flexibility index (Phi) is 4.03. The lowest BCUT2D eigenvalue weighted by atomic mass is 10.2. The Hall–Kier alpha value is -1.76. The third kappa shape index (κ3) is 2.92. The molecule has 1 N–H and O–H groups in total. The number of benzene rings is 1. The van der Waals surface area contributed by atoms with Gasteiger partial charge >= 0.3 is 0 Å². The molecule has 2 rings (SSSR count). The normalized spacial score (nSPS) is 9.83. The second kappa shape index (κ2) is 5.72. The van der Waals surface area contributed by atoms with Crippen molar-refractivity contribution in [1.82, 2.24) is 4.98 Å². The Morgan fingerprint density at radius 1 is 1.17 bits per heavy atom. The van der Waals surface area contributed by atoms with E-state index in [0.29, 0.717) is 28.0 Å². The van der Waals surface area contributed by atoms with Gasteiger partial charge in [-0.2, -0.15) is 5.26 Å². The van der Waals surface area contributed by atoms with Crippen LogP contribution in [0.4, 0.5) is 5.82 Å². The molecule has 0 unspecified atom stereocenters. The van der Waals surface area contributed by atoms with Crippen molar-refractivity contribution in [2.45, 2.75) is 6.54 Å². The lowest BCUT2D eigenvalue weighted by Crippen LogP contribution is -2.02. The summed E-state index contributed by atoms with van der Waals surface area (Å²) in [4.78, 5) is 4.10. The lowest BCUT2D eigenvalue weighted by Gasteiger charge is -2.08. The first-order chi connectivity index (χ1) is 8.70. The molecule has 0 fully saturated rings. The quantitative estimate of drug-likeness (QED) is 0.927. The second-order valence-corrected chi connectivity index (χ2v) is 4.43. The third-order valence-electron chi connectivity index (χ3n) is 2.38. The Labute approximate surface area is 115 Å². The van der Waals surface area contributed by atoms with Crippen LogP contribution in [0.15, 0.2) is 36.5 Å². The van der Waals surface area contributed by atoms with Crippen LogP contribution in [0.5, 0.6) is 0 Å². The molecule has 1 aromatic carbocycles. The van der Waals surface area contributed by atoms with Gasteiger partial charge in [-0.25, -0.2) is 4.98 Å². The highest BCUT2D eigenvalue weighted by Gasteiger charge is 2.06. The van der Waals surface area contributed by atoms with Crippen molar-refractivity contribution >= 4 is 29.0 Å². The number of nitrogens with one attached hydrogen (secondary N) is 1. The number of aromatic nitrogens is 1. The fourth-order valence-electron chi connectivity index (χ4n) is 1.44. The van der Waals surface area contributed by atoms with Gasteiger partial charge in [0, 0.05) is 17.8 Å². The van der Waals surface area contributed by atoms with E-state index in [0.717, 1.165) is 5.56 Å². The fraction of sp³-hybridized carbons (Fsp3) is 0.0769. The minimum Gasteiger partial charge on any atom is -0.365 e. The first-order valence-corrected chi connectivity index (χ1v) is 5.99. The van der Waals surface area contributed by atoms with Crippen LogP contribution in [0, 0.1) is 11.3 Å². The van der Waals surface area contributed by atoms with Crippen LogP contribution in [-0.4, -0.2) is 4.98 Å². The molecule has 5 heteroatoms. The van der Waals surface area contributed by atoms with Crippen molar-refractivity contribution in [2.75, 3.05) is 5.32 Å². The Balaban J connectivity index is 2.11. The summed E-state index contributed by atoms with van der Waals surface area (Å²) in [7, 11) is 0. The second-order valence-electron chi connectivity index (χ2n) is 3.61. The number of halogens is 2. The van der Waals surface area contributed by atoms with Crippen LogP contribution in [0.2, 0.25) is 10.0 Å². The third-order valence-corrected chi connectivity index (χ3v) is 3.02. The fourth-order valence-corrected chi connectivity index (χ4v) is 1.79. The Morgan fingerprint density at radius 3 is 2.56 bits per heavy atom. The summed E-state index contributed by atoms with van der Waals surface area (Å²) in [5, 5.41) is 13.0. The summed E-state index contributed by atoms with van der Waals surface area (Å²) in [5.41, 5.74) is 1.46. The summed E-state index contributed by atoms with van der Waals surface area (Å²) in [6, 6.07) is 11.1. The van der Waals surface area contributed by atoms with Crippen LogP contribution in [0.3, 0.4) is 0 Å². The van der Waals surface area contributed by atoms with E-state index < -0.39 is 0 Å². The summed E-state index contributed by atoms with van der Waals surface area (Å²) in [6.07, 6.45) is 1.55. The van der Waals surface area contributed by atoms with Gasteiger partial charge in [0.2, 0.25) is 0 Å². The van der Waals surface area contributed by atoms with E-state index in [1.807, 2.05) is 30.3 Å². The molecule has 3 nitrogen and oxygen atoms in total. The maximum Gasteiger partial charge on any atom is 0.146 e. The highest BCUT2D eigenvalue weighted by molar-refractivity contribution is 6.34. The van der Waals surface area contributed by atoms with Gasteiger partial charge in [0.15, 0.2) is 0 Å². The van der Waals surface area contributed by atoms with Gasteiger partial charge in [-0.15, -0.1) is 0 Å². The molecular formula is C13H9Cl2N3. The van der Waals surface area contributed by atoms with Gasteiger partial charge in [0.05, 0.1) is 5.56 Å². The Morgan fingerprint density at radius 2 is 1.89 bits per heavy atom. The van der Waals surface area contributed by atoms with Crippen LogP contribution >= 0.6 is 23.2 Å². The largest absolute Gasteiger partial charge is 0.365 e. The molecular weight excluding hydrogens is 269 g/mol. The number of nitrogens with zero attached hydrogens (tertiary/aromatic N) is 2. The maximum absolute atomic E-state index is 8.85. The number of hydrogen-bond acceptors (Lipinski definition) is 3. The van der Waals surface area contributed by atoms with Gasteiger partial charge in [-0.1, -0.05) is 35.3 Å². The van der Waals surface area contributed by atoms with E-state index in [9.17, 15) is 0 Å². The zero-order chi connectivity index (χ0) is 13.0. The molecule has 1 heterocycles. The summed E-state index contributed by atoms with van der Waals surface area (Å²) in [6.45, 7) is 0.568. The van der Waals surface area contributed by atoms with Gasteiger partial charge in [0.25, 0.3) is 0 Å². The minimum atomic E-state index is 0.342. The lowest BCUT2D eigenvalue weighted by molar-refractivity contribution is 1.11. The number of rotatable bonds is 3. The Bertz CT molecular complexity index is 588. The maximum atomic E-state index is 8.85. The summed E-state index contributed by atoms with van der Waals surface area (Å²) < 4.78 is 0. The van der Waals surface area contributed by atoms with Crippen LogP contribution in [0.1, 0.15) is 11.1 Å². The molecule has 0 aliphatic heterocycles. The molecule has 0 aliphatic carbocycles. The summed E-state index contributed by atoms with van der Waals surface area (Å²) >= 11 is 11.8. The molecule has 90 valence electrons. The number of hydrogen-bond donors (Lipinski definition) is 1. The van der Waals surface area contributed by atoms with E-state index in [4.69, 9.17) is 28.5 Å². The van der Waals surface area contributed by atoms with Gasteiger partial charge in [0.1, 0.15) is 16.9 Å². The molecule has 0 atom stereocenters. The molecule has 18 heavy (non-hydrogen) atoms. The molecule has 0 spiro atoms. The first kappa shape index (κ1) is 12.7. The van der Waals surface area contributed by atoms with Gasteiger partial charge in [-0.05, 0) is 23.8 Å². The van der Waals surface area contributed by atoms with Crippen molar-refractivity contribution in [1.29, 1.82) is 5.26 Å². The molecule has 0 saturated carbocycles. The molecule has 0 amide bonds. The number of anilines is 1. The number of pyridine rings is 1. The van der Waals surface area contributed by atoms with Crippen molar-refractivity contribution in [3.63, 3.8) is 0 Å². The van der Waals surface area contributed by atoms with Crippen molar-refractivity contribution in [2.24, 2.45) is 0 Å². The van der Waals surface area contributed by atoms with Gasteiger partial charge in [-0.3, -0.25) is 0 Å². The molecule has 0 radical (unpaired) electrons. The predicted octanol–water partition coefficient (Wildman–Crippen LogP) is 3.87. The molecule has 0 bridgehead atoms. The molecule has 0 saturated heterocycles. The minimum absolute atomic E-state index is 0.342. The number of nitriles is 1. The topological polar surface area (TPSA) is 48.7 Å². The van der Waals surface area contributed by atoms with Crippen LogP contribution in [-0.2, 0) is 6.54 Å². The smallest absolute Gasteiger partial charge is 0.146 e. The molecule has 0 aliphatic rings. The first-order valence-electron chi connectivity index (χ1n) is 5.23. The highest BCUT2D eigenvalue weighted by atomic mass is 35.5. The van der Waals surface area contributed by atoms with E-state index in [-0.39, 0.29) is 0 Å². The summed E-state index contributed by atoms with van der Waals surface area (Å²) in [5.74, 6) is 0.505. The van der Waals surface area contributed by atoms with E-state index in [2.05, 4.69) is 10.3 Å². The standard InChI is InChI=1S/C13H9Cl2N3/c14-11-3-1-9(2-4-11)8-18-13-12(15)10(7-16)5-6-17-13/h1-6H,8H2,(H,17,18). The predicted molar refractivity (Wildman–Crippen MR) is 72.7 cm³/mol. The zero-order valence-electron chi connectivity index (χ0n) is 9.32. The zero-order valence-corrected chi connectivity index (χ0v) is 10.8. The average molecular weight is 278 g/mol. The van der Waals surface area contributed by atoms with E-state index in [1.54, 1.807) is 12.3 Å². The van der Waals surface area contributed by atoms with E-state index >= 15 is 0 Å². The van der Waals surface area contributed by atoms with Crippen molar-refractivity contribution in [3.8, 4) is 6.07 Å². The van der Waals surface area contributed by atoms with E-state index in [1.165, 1.54) is 0 Å². The SMILES string of the molecule is N#Cc1ccnc(NCc2ccc(Cl)cc2)c1Cl. The molecule has 2 aromatic rings. The molecule has 1 aromatic heterocycles. The van der Waals surface area contributed by atoms with Crippen molar-refractivity contribution < 1.29 is 0 Å². The monoisotopic (exact) mass is 277 g/mol.